The molecule has 1 aromatic rings. The van der Waals surface area contributed by atoms with Crippen LogP contribution in [0.1, 0.15) is 18.9 Å². The first-order valence-electron chi connectivity index (χ1n) is 6.86. The van der Waals surface area contributed by atoms with Crippen LogP contribution in [0.5, 0.6) is 0 Å². The molecule has 1 aromatic carbocycles. The number of carbonyl (C=O) groups excluding carboxylic acids is 2. The van der Waals surface area contributed by atoms with Gasteiger partial charge in [0.15, 0.2) is 0 Å². The summed E-state index contributed by atoms with van der Waals surface area (Å²) in [5.41, 5.74) is 0.978. The van der Waals surface area contributed by atoms with Gasteiger partial charge in [-0.3, -0.25) is 9.59 Å². The maximum absolute atomic E-state index is 11.8. The Morgan fingerprint density at radius 2 is 2.20 bits per heavy atom. The lowest BCUT2D eigenvalue weighted by Crippen LogP contribution is -2.36. The Morgan fingerprint density at radius 3 is 2.85 bits per heavy atom. The molecule has 1 aliphatic rings. The second-order valence-corrected chi connectivity index (χ2v) is 5.11. The molecule has 0 spiro atoms. The van der Waals surface area contributed by atoms with Crippen LogP contribution in [0.4, 0.5) is 0 Å². The Kier molecular flexibility index (Phi) is 5.12. The molecular weight excluding hydrogens is 256 g/mol. The third-order valence-corrected chi connectivity index (χ3v) is 3.32. The number of nitrogens with one attached hydrogen (secondary N) is 2. The second-order valence-electron chi connectivity index (χ2n) is 5.11. The molecule has 0 aliphatic carbocycles. The molecule has 2 rings (SSSR count). The van der Waals surface area contributed by atoms with Crippen molar-refractivity contribution in [3.63, 3.8) is 0 Å². The number of carbonyl (C=O) groups is 2. The molecule has 1 aliphatic heterocycles. The fraction of sp³-hybridized carbons (Fsp3) is 0.467. The van der Waals surface area contributed by atoms with E-state index in [2.05, 4.69) is 10.6 Å². The average Bonchev–Trinajstić information content (AvgIpc) is 2.89. The van der Waals surface area contributed by atoms with E-state index in [1.807, 2.05) is 37.3 Å². The molecule has 0 radical (unpaired) electrons. The highest BCUT2D eigenvalue weighted by Crippen LogP contribution is 2.06. The standard InChI is InChI=1S/C15H20N2O3/c1-11(8-16-13-7-14(18)17-9-13)15(19)20-10-12-5-3-2-4-6-12/h2-6,11,13,16H,7-10H2,1H3,(H,17,18). The summed E-state index contributed by atoms with van der Waals surface area (Å²) in [5, 5.41) is 5.96. The number of ether oxygens (including phenoxy) is 1. The molecule has 1 amide bonds. The third-order valence-electron chi connectivity index (χ3n) is 3.32. The number of esters is 1. The lowest BCUT2D eigenvalue weighted by atomic mass is 10.1. The molecule has 0 aromatic heterocycles. The van der Waals surface area contributed by atoms with Crippen molar-refractivity contribution >= 4 is 11.9 Å². The monoisotopic (exact) mass is 276 g/mol. The minimum absolute atomic E-state index is 0.0572. The minimum atomic E-state index is -0.227. The molecule has 2 N–H and O–H groups in total. The Morgan fingerprint density at radius 1 is 1.45 bits per heavy atom. The molecular formula is C15H20N2O3. The van der Waals surface area contributed by atoms with Crippen molar-refractivity contribution in [3.05, 3.63) is 35.9 Å². The predicted molar refractivity (Wildman–Crippen MR) is 74.8 cm³/mol. The Bertz CT molecular complexity index is 461. The molecule has 0 bridgehead atoms. The first-order chi connectivity index (χ1) is 9.65. The van der Waals surface area contributed by atoms with Gasteiger partial charge in [-0.1, -0.05) is 37.3 Å². The molecule has 108 valence electrons. The van der Waals surface area contributed by atoms with Crippen LogP contribution in [-0.2, 0) is 20.9 Å². The Balaban J connectivity index is 1.68. The van der Waals surface area contributed by atoms with Crippen LogP contribution in [0, 0.1) is 5.92 Å². The van der Waals surface area contributed by atoms with Crippen molar-refractivity contribution in [3.8, 4) is 0 Å². The first kappa shape index (κ1) is 14.5. The van der Waals surface area contributed by atoms with Crippen LogP contribution in [0.3, 0.4) is 0 Å². The van der Waals surface area contributed by atoms with Crippen molar-refractivity contribution in [2.24, 2.45) is 5.92 Å². The fourth-order valence-electron chi connectivity index (χ4n) is 2.05. The van der Waals surface area contributed by atoms with Crippen molar-refractivity contribution in [2.45, 2.75) is 26.0 Å². The molecule has 20 heavy (non-hydrogen) atoms. The highest BCUT2D eigenvalue weighted by Gasteiger charge is 2.22. The lowest BCUT2D eigenvalue weighted by molar-refractivity contribution is -0.149. The van der Waals surface area contributed by atoms with E-state index in [1.54, 1.807) is 0 Å². The summed E-state index contributed by atoms with van der Waals surface area (Å²) < 4.78 is 5.26. The van der Waals surface area contributed by atoms with E-state index in [-0.39, 0.29) is 23.8 Å². The highest BCUT2D eigenvalue weighted by molar-refractivity contribution is 5.79. The Labute approximate surface area is 118 Å². The zero-order valence-corrected chi connectivity index (χ0v) is 11.6. The van der Waals surface area contributed by atoms with E-state index < -0.39 is 0 Å². The van der Waals surface area contributed by atoms with Gasteiger partial charge in [-0.15, -0.1) is 0 Å². The zero-order valence-electron chi connectivity index (χ0n) is 11.6. The predicted octanol–water partition coefficient (Wildman–Crippen LogP) is 0.844. The molecule has 5 heteroatoms. The smallest absolute Gasteiger partial charge is 0.310 e. The van der Waals surface area contributed by atoms with Gasteiger partial charge in [-0.05, 0) is 5.56 Å². The van der Waals surface area contributed by atoms with Gasteiger partial charge in [0.2, 0.25) is 5.91 Å². The summed E-state index contributed by atoms with van der Waals surface area (Å²) in [6.45, 7) is 3.27. The van der Waals surface area contributed by atoms with Crippen LogP contribution in [0.25, 0.3) is 0 Å². The van der Waals surface area contributed by atoms with Crippen LogP contribution in [0.15, 0.2) is 30.3 Å². The molecule has 1 fully saturated rings. The number of amides is 1. The SMILES string of the molecule is CC(CNC1CNC(=O)C1)C(=O)OCc1ccccc1. The van der Waals surface area contributed by atoms with E-state index in [0.29, 0.717) is 26.1 Å². The summed E-state index contributed by atoms with van der Waals surface area (Å²) in [7, 11) is 0. The molecule has 2 unspecified atom stereocenters. The maximum Gasteiger partial charge on any atom is 0.310 e. The lowest BCUT2D eigenvalue weighted by Gasteiger charge is -2.15. The van der Waals surface area contributed by atoms with E-state index in [0.717, 1.165) is 5.56 Å². The molecule has 0 saturated carbocycles. The van der Waals surface area contributed by atoms with Crippen molar-refractivity contribution in [2.75, 3.05) is 13.1 Å². The topological polar surface area (TPSA) is 67.4 Å². The van der Waals surface area contributed by atoms with E-state index in [4.69, 9.17) is 4.74 Å². The van der Waals surface area contributed by atoms with Gasteiger partial charge < -0.3 is 15.4 Å². The third kappa shape index (κ3) is 4.35. The number of rotatable bonds is 6. The van der Waals surface area contributed by atoms with Crippen LogP contribution < -0.4 is 10.6 Å². The number of hydrogen-bond acceptors (Lipinski definition) is 4. The molecule has 1 saturated heterocycles. The molecule has 1 heterocycles. The number of hydrogen-bond donors (Lipinski definition) is 2. The van der Waals surface area contributed by atoms with Crippen molar-refractivity contribution in [1.29, 1.82) is 0 Å². The highest BCUT2D eigenvalue weighted by atomic mass is 16.5. The van der Waals surface area contributed by atoms with Crippen molar-refractivity contribution in [1.82, 2.24) is 10.6 Å². The molecule has 2 atom stereocenters. The van der Waals surface area contributed by atoms with Crippen LogP contribution in [-0.4, -0.2) is 31.0 Å². The summed E-state index contributed by atoms with van der Waals surface area (Å²) in [5.74, 6) is -0.394. The average molecular weight is 276 g/mol. The normalized spacial score (nSPS) is 19.4. The summed E-state index contributed by atoms with van der Waals surface area (Å²) in [6, 6.07) is 9.72. The molecule has 5 nitrogen and oxygen atoms in total. The van der Waals surface area contributed by atoms with Gasteiger partial charge >= 0.3 is 5.97 Å². The Hall–Kier alpha value is -1.88. The zero-order chi connectivity index (χ0) is 14.4. The van der Waals surface area contributed by atoms with Gasteiger partial charge in [-0.25, -0.2) is 0 Å². The van der Waals surface area contributed by atoms with Crippen molar-refractivity contribution < 1.29 is 14.3 Å². The maximum atomic E-state index is 11.8. The van der Waals surface area contributed by atoms with E-state index in [9.17, 15) is 9.59 Å². The van der Waals surface area contributed by atoms with Crippen LogP contribution in [0.2, 0.25) is 0 Å². The van der Waals surface area contributed by atoms with Crippen LogP contribution >= 0.6 is 0 Å². The summed E-state index contributed by atoms with van der Waals surface area (Å²) >= 11 is 0. The van der Waals surface area contributed by atoms with E-state index in [1.165, 1.54) is 0 Å². The summed E-state index contributed by atoms with van der Waals surface area (Å²) in [6.07, 6.45) is 0.478. The fourth-order valence-corrected chi connectivity index (χ4v) is 2.05. The summed E-state index contributed by atoms with van der Waals surface area (Å²) in [4.78, 5) is 22.9. The van der Waals surface area contributed by atoms with Gasteiger partial charge in [-0.2, -0.15) is 0 Å². The largest absolute Gasteiger partial charge is 0.461 e. The van der Waals surface area contributed by atoms with Gasteiger partial charge in [0.25, 0.3) is 0 Å². The number of benzene rings is 1. The first-order valence-corrected chi connectivity index (χ1v) is 6.86. The van der Waals surface area contributed by atoms with Gasteiger partial charge in [0.05, 0.1) is 5.92 Å². The second kappa shape index (κ2) is 7.05. The minimum Gasteiger partial charge on any atom is -0.461 e. The van der Waals surface area contributed by atoms with E-state index >= 15 is 0 Å². The van der Waals surface area contributed by atoms with Gasteiger partial charge in [0.1, 0.15) is 6.61 Å². The quantitative estimate of drug-likeness (QED) is 0.756. The van der Waals surface area contributed by atoms with Gasteiger partial charge in [0, 0.05) is 25.6 Å².